The summed E-state index contributed by atoms with van der Waals surface area (Å²) in [7, 11) is 1.49. The Hall–Kier alpha value is -3.39. The number of fused-ring (bicyclic) bond motifs is 1. The molecule has 0 aliphatic rings. The Bertz CT molecular complexity index is 995. The molecule has 1 aromatic heterocycles. The van der Waals surface area contributed by atoms with Gasteiger partial charge < -0.3 is 25.1 Å². The van der Waals surface area contributed by atoms with Gasteiger partial charge in [0.15, 0.2) is 11.5 Å². The number of methoxy groups -OCH3 is 1. The molecule has 28 heavy (non-hydrogen) atoms. The monoisotopic (exact) mass is 386 g/mol. The lowest BCUT2D eigenvalue weighted by atomic mass is 10.1. The van der Waals surface area contributed by atoms with Gasteiger partial charge in [-0.2, -0.15) is 0 Å². The minimum atomic E-state index is -1.09. The molecule has 3 N–H and O–H groups in total. The average molecular weight is 386 g/mol. The van der Waals surface area contributed by atoms with Gasteiger partial charge in [-0.15, -0.1) is 0 Å². The van der Waals surface area contributed by atoms with Crippen LogP contribution in [0.15, 0.2) is 48.7 Å². The molecule has 8 heteroatoms. The van der Waals surface area contributed by atoms with Crippen LogP contribution >= 0.6 is 0 Å². The minimum absolute atomic E-state index is 0.106. The molecule has 0 aliphatic heterocycles. The van der Waals surface area contributed by atoms with E-state index in [0.29, 0.717) is 33.9 Å². The van der Waals surface area contributed by atoms with Crippen molar-refractivity contribution in [1.29, 1.82) is 0 Å². The minimum Gasteiger partial charge on any atom is -0.493 e. The molecule has 0 aliphatic carbocycles. The molecule has 3 aromatic rings. The Morgan fingerprint density at radius 1 is 1.21 bits per heavy atom. The number of halogens is 1. The summed E-state index contributed by atoms with van der Waals surface area (Å²) in [6.45, 7) is 0.106. The second-order valence-electron chi connectivity index (χ2n) is 5.97. The molecule has 0 saturated carbocycles. The van der Waals surface area contributed by atoms with E-state index in [1.165, 1.54) is 19.2 Å². The number of carbonyl (C=O) groups is 1. The summed E-state index contributed by atoms with van der Waals surface area (Å²) in [6.07, 6.45) is 1.71. The molecule has 0 amide bonds. The van der Waals surface area contributed by atoms with Gasteiger partial charge in [-0.1, -0.05) is 6.07 Å². The fourth-order valence-electron chi connectivity index (χ4n) is 2.57. The van der Waals surface area contributed by atoms with Crippen molar-refractivity contribution in [2.24, 2.45) is 5.73 Å². The standard InChI is InChI=1S/C20H19FN2O5/c1-26-18-10-14-16(11-19(18)27-8-6-15(22)20(24)25)23-7-5-17(14)28-13-4-2-3-12(21)9-13/h2-5,7,9-11,15H,6,8,22H2,1H3,(H,24,25). The Morgan fingerprint density at radius 3 is 2.75 bits per heavy atom. The molecule has 1 heterocycles. The van der Waals surface area contributed by atoms with E-state index in [1.807, 2.05) is 0 Å². The molecule has 0 fully saturated rings. The highest BCUT2D eigenvalue weighted by molar-refractivity contribution is 5.88. The van der Waals surface area contributed by atoms with E-state index in [9.17, 15) is 9.18 Å². The number of benzene rings is 2. The van der Waals surface area contributed by atoms with Crippen LogP contribution < -0.4 is 19.9 Å². The van der Waals surface area contributed by atoms with Crippen LogP contribution in [0, 0.1) is 5.82 Å². The maximum Gasteiger partial charge on any atom is 0.320 e. The highest BCUT2D eigenvalue weighted by Crippen LogP contribution is 2.37. The van der Waals surface area contributed by atoms with Gasteiger partial charge in [0.05, 0.1) is 19.2 Å². The van der Waals surface area contributed by atoms with Crippen molar-refractivity contribution in [2.75, 3.05) is 13.7 Å². The molecule has 1 atom stereocenters. The maximum absolute atomic E-state index is 13.4. The Labute approximate surface area is 160 Å². The van der Waals surface area contributed by atoms with Crippen molar-refractivity contribution in [1.82, 2.24) is 4.98 Å². The quantitative estimate of drug-likeness (QED) is 0.612. The highest BCUT2D eigenvalue weighted by Gasteiger charge is 2.15. The van der Waals surface area contributed by atoms with E-state index in [0.717, 1.165) is 0 Å². The number of nitrogens with zero attached hydrogens (tertiary/aromatic N) is 1. The van der Waals surface area contributed by atoms with Crippen LogP contribution in [0.25, 0.3) is 10.9 Å². The van der Waals surface area contributed by atoms with E-state index >= 15 is 0 Å². The first-order valence-electron chi connectivity index (χ1n) is 8.49. The maximum atomic E-state index is 13.4. The number of hydrogen-bond acceptors (Lipinski definition) is 6. The zero-order chi connectivity index (χ0) is 20.1. The first-order chi connectivity index (χ1) is 13.5. The van der Waals surface area contributed by atoms with Crippen LogP contribution in [0.3, 0.4) is 0 Å². The number of ether oxygens (including phenoxy) is 3. The van der Waals surface area contributed by atoms with E-state index < -0.39 is 17.8 Å². The SMILES string of the molecule is COc1cc2c(Oc3cccc(F)c3)ccnc2cc1OCCC(N)C(=O)O. The van der Waals surface area contributed by atoms with Crippen molar-refractivity contribution in [3.8, 4) is 23.0 Å². The van der Waals surface area contributed by atoms with E-state index in [2.05, 4.69) is 4.98 Å². The second-order valence-corrected chi connectivity index (χ2v) is 5.97. The number of aliphatic carboxylic acids is 1. The predicted octanol–water partition coefficient (Wildman–Crippen LogP) is 3.36. The first-order valence-corrected chi connectivity index (χ1v) is 8.49. The summed E-state index contributed by atoms with van der Waals surface area (Å²) in [5, 5.41) is 9.49. The van der Waals surface area contributed by atoms with Crippen LogP contribution in [-0.2, 0) is 4.79 Å². The van der Waals surface area contributed by atoms with E-state index in [-0.39, 0.29) is 13.0 Å². The number of rotatable bonds is 8. The summed E-state index contributed by atoms with van der Waals surface area (Å²) < 4.78 is 30.2. The van der Waals surface area contributed by atoms with Crippen LogP contribution in [0.2, 0.25) is 0 Å². The van der Waals surface area contributed by atoms with Gasteiger partial charge in [0, 0.05) is 30.1 Å². The van der Waals surface area contributed by atoms with Crippen molar-refractivity contribution < 1.29 is 28.5 Å². The molecule has 0 saturated heterocycles. The predicted molar refractivity (Wildman–Crippen MR) is 100 cm³/mol. The van der Waals surface area contributed by atoms with Crippen molar-refractivity contribution in [3.63, 3.8) is 0 Å². The van der Waals surface area contributed by atoms with Gasteiger partial charge >= 0.3 is 5.97 Å². The molecule has 3 rings (SSSR count). The van der Waals surface area contributed by atoms with Gasteiger partial charge in [0.25, 0.3) is 0 Å². The third-order valence-electron chi connectivity index (χ3n) is 4.01. The average Bonchev–Trinajstić information content (AvgIpc) is 2.67. The molecular formula is C20H19FN2O5. The van der Waals surface area contributed by atoms with Gasteiger partial charge in [-0.3, -0.25) is 9.78 Å². The normalized spacial score (nSPS) is 11.8. The first kappa shape index (κ1) is 19.4. The summed E-state index contributed by atoms with van der Waals surface area (Å²) in [5.74, 6) is 0.179. The topological polar surface area (TPSA) is 104 Å². The summed E-state index contributed by atoms with van der Waals surface area (Å²) in [5.41, 5.74) is 6.06. The van der Waals surface area contributed by atoms with Crippen molar-refractivity contribution in [3.05, 3.63) is 54.5 Å². The number of hydrogen-bond donors (Lipinski definition) is 2. The number of nitrogens with two attached hydrogens (primary N) is 1. The Morgan fingerprint density at radius 2 is 2.04 bits per heavy atom. The molecular weight excluding hydrogens is 367 g/mol. The molecule has 146 valence electrons. The highest BCUT2D eigenvalue weighted by atomic mass is 19.1. The fourth-order valence-corrected chi connectivity index (χ4v) is 2.57. The third kappa shape index (κ3) is 4.47. The third-order valence-corrected chi connectivity index (χ3v) is 4.01. The van der Waals surface area contributed by atoms with Crippen molar-refractivity contribution in [2.45, 2.75) is 12.5 Å². The largest absolute Gasteiger partial charge is 0.493 e. The molecule has 1 unspecified atom stereocenters. The number of aromatic nitrogens is 1. The lowest BCUT2D eigenvalue weighted by Crippen LogP contribution is -2.31. The van der Waals surface area contributed by atoms with Gasteiger partial charge in [0.1, 0.15) is 23.4 Å². The number of carboxylic acid groups (broad SMARTS) is 1. The number of pyridine rings is 1. The molecule has 7 nitrogen and oxygen atoms in total. The number of carboxylic acids is 1. The molecule has 0 bridgehead atoms. The Kier molecular flexibility index (Phi) is 5.90. The van der Waals surface area contributed by atoms with Crippen LogP contribution in [0.5, 0.6) is 23.0 Å². The fraction of sp³-hybridized carbons (Fsp3) is 0.200. The molecule has 0 spiro atoms. The lowest BCUT2D eigenvalue weighted by Gasteiger charge is -2.14. The second kappa shape index (κ2) is 8.53. The summed E-state index contributed by atoms with van der Waals surface area (Å²) in [6, 6.07) is 9.85. The zero-order valence-corrected chi connectivity index (χ0v) is 15.1. The smallest absolute Gasteiger partial charge is 0.320 e. The van der Waals surface area contributed by atoms with Gasteiger partial charge in [-0.05, 0) is 24.3 Å². The Balaban J connectivity index is 1.87. The van der Waals surface area contributed by atoms with Gasteiger partial charge in [0.2, 0.25) is 0 Å². The van der Waals surface area contributed by atoms with Crippen LogP contribution in [0.4, 0.5) is 4.39 Å². The molecule has 0 radical (unpaired) electrons. The van der Waals surface area contributed by atoms with Crippen LogP contribution in [0.1, 0.15) is 6.42 Å². The van der Waals surface area contributed by atoms with E-state index in [4.69, 9.17) is 25.1 Å². The van der Waals surface area contributed by atoms with Crippen LogP contribution in [-0.4, -0.2) is 35.8 Å². The van der Waals surface area contributed by atoms with E-state index in [1.54, 1.807) is 36.5 Å². The summed E-state index contributed by atoms with van der Waals surface area (Å²) >= 11 is 0. The lowest BCUT2D eigenvalue weighted by molar-refractivity contribution is -0.138. The van der Waals surface area contributed by atoms with Gasteiger partial charge in [-0.25, -0.2) is 4.39 Å². The summed E-state index contributed by atoms with van der Waals surface area (Å²) in [4.78, 5) is 15.1. The zero-order valence-electron chi connectivity index (χ0n) is 15.1. The van der Waals surface area contributed by atoms with Crippen molar-refractivity contribution >= 4 is 16.9 Å². The molecule has 2 aromatic carbocycles.